The average molecular weight is 387 g/mol. The van der Waals surface area contributed by atoms with Crippen LogP contribution in [0.5, 0.6) is 0 Å². The van der Waals surface area contributed by atoms with Crippen LogP contribution in [0.25, 0.3) is 11.0 Å². The molecule has 1 aliphatic heterocycles. The summed E-state index contributed by atoms with van der Waals surface area (Å²) in [4.78, 5) is 14.1. The zero-order valence-electron chi connectivity index (χ0n) is 16.6. The summed E-state index contributed by atoms with van der Waals surface area (Å²) in [5.41, 5.74) is 1.81. The molecule has 0 amide bonds. The summed E-state index contributed by atoms with van der Waals surface area (Å²) in [6, 6.07) is 8.19. The highest BCUT2D eigenvalue weighted by Gasteiger charge is 2.43. The number of benzene rings is 1. The summed E-state index contributed by atoms with van der Waals surface area (Å²) in [6.07, 6.45) is 4.04. The Bertz CT molecular complexity index is 825. The third-order valence-electron chi connectivity index (χ3n) is 6.45. The molecule has 2 fully saturated rings. The Morgan fingerprint density at radius 1 is 1.14 bits per heavy atom. The maximum atomic E-state index is 11.5. The van der Waals surface area contributed by atoms with Crippen LogP contribution in [-0.4, -0.2) is 61.5 Å². The summed E-state index contributed by atoms with van der Waals surface area (Å²) >= 11 is 0. The van der Waals surface area contributed by atoms with E-state index in [-0.39, 0.29) is 24.5 Å². The SMILES string of the molecule is COC1CC(c2c(CC(=O)O)oc3ccccc23)C(N2CCCC2)CC1OC. The van der Waals surface area contributed by atoms with Gasteiger partial charge in [0.15, 0.2) is 0 Å². The number of hydrogen-bond acceptors (Lipinski definition) is 5. The van der Waals surface area contributed by atoms with Crippen molar-refractivity contribution >= 4 is 16.9 Å². The molecule has 4 atom stereocenters. The maximum Gasteiger partial charge on any atom is 0.311 e. The van der Waals surface area contributed by atoms with Crippen molar-refractivity contribution in [3.05, 3.63) is 35.6 Å². The first-order valence-electron chi connectivity index (χ1n) is 10.1. The van der Waals surface area contributed by atoms with Gasteiger partial charge < -0.3 is 19.0 Å². The Hall–Kier alpha value is -1.89. The second kappa shape index (κ2) is 8.23. The van der Waals surface area contributed by atoms with Gasteiger partial charge in [0.1, 0.15) is 17.8 Å². The number of likely N-dealkylation sites (tertiary alicyclic amines) is 1. The van der Waals surface area contributed by atoms with Crippen molar-refractivity contribution in [1.82, 2.24) is 4.90 Å². The molecule has 2 aromatic rings. The molecule has 152 valence electrons. The average Bonchev–Trinajstić information content (AvgIpc) is 3.34. The number of carbonyl (C=O) groups is 1. The van der Waals surface area contributed by atoms with Crippen LogP contribution in [0.15, 0.2) is 28.7 Å². The summed E-state index contributed by atoms with van der Waals surface area (Å²) < 4.78 is 17.6. The van der Waals surface area contributed by atoms with Crippen molar-refractivity contribution < 1.29 is 23.8 Å². The molecule has 2 aliphatic rings. The molecule has 4 rings (SSSR count). The van der Waals surface area contributed by atoms with Crippen molar-refractivity contribution in [2.75, 3.05) is 27.3 Å². The summed E-state index contributed by atoms with van der Waals surface area (Å²) in [6.45, 7) is 2.17. The van der Waals surface area contributed by atoms with Crippen LogP contribution < -0.4 is 0 Å². The van der Waals surface area contributed by atoms with E-state index < -0.39 is 5.97 Å². The highest BCUT2D eigenvalue weighted by molar-refractivity contribution is 5.84. The Morgan fingerprint density at radius 3 is 2.50 bits per heavy atom. The molecule has 4 unspecified atom stereocenters. The largest absolute Gasteiger partial charge is 0.481 e. The standard InChI is InChI=1S/C22H29NO5/c1-26-18-11-15(16(12-19(18)27-2)23-9-5-6-10-23)22-14-7-3-4-8-17(14)28-20(22)13-21(24)25/h3-4,7-8,15-16,18-19H,5-6,9-13H2,1-2H3,(H,24,25). The predicted molar refractivity (Wildman–Crippen MR) is 106 cm³/mol. The van der Waals surface area contributed by atoms with E-state index in [1.54, 1.807) is 14.2 Å². The lowest BCUT2D eigenvalue weighted by Gasteiger charge is -2.44. The first kappa shape index (κ1) is 19.4. The van der Waals surface area contributed by atoms with Crippen LogP contribution in [0.4, 0.5) is 0 Å². The summed E-state index contributed by atoms with van der Waals surface area (Å²) in [5.74, 6) is -0.132. The minimum atomic E-state index is -0.869. The Kier molecular flexibility index (Phi) is 5.71. The highest BCUT2D eigenvalue weighted by atomic mass is 16.5. The van der Waals surface area contributed by atoms with E-state index in [4.69, 9.17) is 13.9 Å². The molecule has 1 saturated carbocycles. The quantitative estimate of drug-likeness (QED) is 0.819. The molecule has 0 radical (unpaired) electrons. The van der Waals surface area contributed by atoms with Crippen molar-refractivity contribution in [2.24, 2.45) is 0 Å². The van der Waals surface area contributed by atoms with E-state index in [9.17, 15) is 9.90 Å². The Balaban J connectivity index is 1.80. The van der Waals surface area contributed by atoms with Crippen molar-refractivity contribution in [2.45, 2.75) is 56.3 Å². The number of ether oxygens (including phenoxy) is 2. The van der Waals surface area contributed by atoms with Gasteiger partial charge in [0, 0.05) is 37.1 Å². The number of aliphatic carboxylic acids is 1. The second-order valence-corrected chi connectivity index (χ2v) is 7.94. The van der Waals surface area contributed by atoms with E-state index in [0.29, 0.717) is 11.8 Å². The zero-order valence-corrected chi connectivity index (χ0v) is 16.6. The number of fused-ring (bicyclic) bond motifs is 1. The van der Waals surface area contributed by atoms with E-state index in [0.717, 1.165) is 42.5 Å². The normalized spacial score (nSPS) is 28.8. The molecule has 1 N–H and O–H groups in total. The minimum absolute atomic E-state index is 0.0137. The van der Waals surface area contributed by atoms with Crippen molar-refractivity contribution in [3.8, 4) is 0 Å². The molecule has 1 aromatic heterocycles. The van der Waals surface area contributed by atoms with E-state index in [2.05, 4.69) is 4.90 Å². The van der Waals surface area contributed by atoms with Crippen LogP contribution in [0.2, 0.25) is 0 Å². The lowest BCUT2D eigenvalue weighted by atomic mass is 9.75. The summed E-state index contributed by atoms with van der Waals surface area (Å²) in [5, 5.41) is 10.5. The van der Waals surface area contributed by atoms with Gasteiger partial charge in [0.2, 0.25) is 0 Å². The first-order chi connectivity index (χ1) is 13.6. The van der Waals surface area contributed by atoms with Gasteiger partial charge in [-0.25, -0.2) is 0 Å². The van der Waals surface area contributed by atoms with Gasteiger partial charge in [-0.15, -0.1) is 0 Å². The van der Waals surface area contributed by atoms with Gasteiger partial charge in [-0.3, -0.25) is 9.69 Å². The zero-order chi connectivity index (χ0) is 19.7. The van der Waals surface area contributed by atoms with Crippen molar-refractivity contribution in [1.29, 1.82) is 0 Å². The molecule has 28 heavy (non-hydrogen) atoms. The number of para-hydroxylation sites is 1. The molecule has 2 heterocycles. The molecule has 1 aromatic carbocycles. The molecule has 1 saturated heterocycles. The first-order valence-corrected chi connectivity index (χ1v) is 10.1. The minimum Gasteiger partial charge on any atom is -0.481 e. The van der Waals surface area contributed by atoms with Crippen LogP contribution in [-0.2, 0) is 20.7 Å². The van der Waals surface area contributed by atoms with Gasteiger partial charge in [-0.05, 0) is 44.8 Å². The van der Waals surface area contributed by atoms with Gasteiger partial charge >= 0.3 is 5.97 Å². The van der Waals surface area contributed by atoms with Crippen molar-refractivity contribution in [3.63, 3.8) is 0 Å². The molecule has 0 bridgehead atoms. The predicted octanol–water partition coefficient (Wildman–Crippen LogP) is 3.43. The molecule has 0 spiro atoms. The Morgan fingerprint density at radius 2 is 1.82 bits per heavy atom. The van der Waals surface area contributed by atoms with Gasteiger partial charge in [-0.2, -0.15) is 0 Å². The van der Waals surface area contributed by atoms with Gasteiger partial charge in [0.25, 0.3) is 0 Å². The number of hydrogen-bond donors (Lipinski definition) is 1. The van der Waals surface area contributed by atoms with Crippen LogP contribution in [0.3, 0.4) is 0 Å². The number of nitrogens with zero attached hydrogens (tertiary/aromatic N) is 1. The maximum absolute atomic E-state index is 11.5. The summed E-state index contributed by atoms with van der Waals surface area (Å²) in [7, 11) is 3.48. The van der Waals surface area contributed by atoms with E-state index in [1.165, 1.54) is 12.8 Å². The molecule has 1 aliphatic carbocycles. The van der Waals surface area contributed by atoms with E-state index in [1.807, 2.05) is 24.3 Å². The third-order valence-corrected chi connectivity index (χ3v) is 6.45. The van der Waals surface area contributed by atoms with Gasteiger partial charge in [-0.1, -0.05) is 18.2 Å². The smallest absolute Gasteiger partial charge is 0.311 e. The van der Waals surface area contributed by atoms with Crippen LogP contribution in [0.1, 0.15) is 42.9 Å². The lowest BCUT2D eigenvalue weighted by molar-refractivity contribution is -0.136. The lowest BCUT2D eigenvalue weighted by Crippen LogP contribution is -2.49. The third kappa shape index (κ3) is 3.56. The number of rotatable bonds is 6. The number of furan rings is 1. The number of carboxylic acids is 1. The monoisotopic (exact) mass is 387 g/mol. The molecular formula is C22H29NO5. The fourth-order valence-electron chi connectivity index (χ4n) is 5.19. The Labute approximate surface area is 165 Å². The molecular weight excluding hydrogens is 358 g/mol. The fourth-order valence-corrected chi connectivity index (χ4v) is 5.19. The molecule has 6 nitrogen and oxygen atoms in total. The highest BCUT2D eigenvalue weighted by Crippen LogP contribution is 2.44. The van der Waals surface area contributed by atoms with E-state index >= 15 is 0 Å². The van der Waals surface area contributed by atoms with Gasteiger partial charge in [0.05, 0.1) is 12.2 Å². The number of carboxylic acid groups (broad SMARTS) is 1. The topological polar surface area (TPSA) is 72.1 Å². The second-order valence-electron chi connectivity index (χ2n) is 7.94. The fraction of sp³-hybridized carbons (Fsp3) is 0.591. The molecule has 6 heteroatoms. The number of methoxy groups -OCH3 is 2. The van der Waals surface area contributed by atoms with Crippen LogP contribution in [0, 0.1) is 0 Å². The van der Waals surface area contributed by atoms with Crippen LogP contribution >= 0.6 is 0 Å².